The molecule has 0 spiro atoms. The average Bonchev–Trinajstić information content (AvgIpc) is 2.85. The minimum Gasteiger partial charge on any atom is -0.478 e. The first-order valence-corrected chi connectivity index (χ1v) is 7.01. The molecule has 4 N–H and O–H groups in total. The third-order valence-electron chi connectivity index (χ3n) is 2.89. The molecule has 0 fully saturated rings. The third kappa shape index (κ3) is 3.27. The first kappa shape index (κ1) is 14.3. The minimum absolute atomic E-state index is 0.0574. The van der Waals surface area contributed by atoms with E-state index < -0.39 is 17.3 Å². The Morgan fingerprint density at radius 1 is 1.55 bits per heavy atom. The van der Waals surface area contributed by atoms with Crippen LogP contribution in [-0.4, -0.2) is 17.1 Å². The lowest BCUT2D eigenvalue weighted by molar-refractivity contribution is 0.0692. The van der Waals surface area contributed by atoms with Crippen LogP contribution in [0.5, 0.6) is 0 Å². The smallest absolute Gasteiger partial charge is 0.338 e. The van der Waals surface area contributed by atoms with Crippen LogP contribution in [-0.2, 0) is 6.42 Å². The molecule has 1 aromatic heterocycles. The van der Waals surface area contributed by atoms with Gasteiger partial charge in [0, 0.05) is 6.04 Å². The van der Waals surface area contributed by atoms with Gasteiger partial charge in [-0.25, -0.2) is 9.18 Å². The summed E-state index contributed by atoms with van der Waals surface area (Å²) in [6.07, 6.45) is 0.783. The van der Waals surface area contributed by atoms with Crippen LogP contribution in [0, 0.1) is 5.82 Å². The molecule has 1 heterocycles. The largest absolute Gasteiger partial charge is 0.478 e. The van der Waals surface area contributed by atoms with Crippen molar-refractivity contribution < 1.29 is 14.3 Å². The number of hydrogen-bond donors (Lipinski definition) is 3. The topological polar surface area (TPSA) is 75.3 Å². The second-order valence-corrected chi connectivity index (χ2v) is 5.39. The second-order valence-electron chi connectivity index (χ2n) is 4.61. The van der Waals surface area contributed by atoms with Gasteiger partial charge >= 0.3 is 5.97 Å². The van der Waals surface area contributed by atoms with E-state index in [1.54, 1.807) is 11.3 Å². The number of carboxylic acids is 1. The Morgan fingerprint density at radius 3 is 2.90 bits per heavy atom. The number of halogens is 1. The maximum Gasteiger partial charge on any atom is 0.338 e. The maximum absolute atomic E-state index is 13.6. The Morgan fingerprint density at radius 2 is 2.30 bits per heavy atom. The Labute approximate surface area is 120 Å². The highest BCUT2D eigenvalue weighted by molar-refractivity contribution is 7.07. The van der Waals surface area contributed by atoms with Gasteiger partial charge in [-0.05, 0) is 47.9 Å². The van der Waals surface area contributed by atoms with Gasteiger partial charge in [0.15, 0.2) is 0 Å². The van der Waals surface area contributed by atoms with E-state index in [-0.39, 0.29) is 11.7 Å². The van der Waals surface area contributed by atoms with Crippen LogP contribution in [0.4, 0.5) is 15.8 Å². The fraction of sp³-hybridized carbons (Fsp3) is 0.214. The molecule has 20 heavy (non-hydrogen) atoms. The highest BCUT2D eigenvalue weighted by atomic mass is 32.1. The number of benzene rings is 1. The van der Waals surface area contributed by atoms with Gasteiger partial charge in [0.05, 0.1) is 16.9 Å². The normalized spacial score (nSPS) is 12.1. The Balaban J connectivity index is 2.13. The molecular formula is C14H15FN2O2S. The summed E-state index contributed by atoms with van der Waals surface area (Å²) >= 11 is 1.62. The number of carboxylic acid groups (broad SMARTS) is 1. The van der Waals surface area contributed by atoms with E-state index in [0.717, 1.165) is 18.6 Å². The zero-order chi connectivity index (χ0) is 14.7. The highest BCUT2D eigenvalue weighted by Gasteiger charge is 2.15. The van der Waals surface area contributed by atoms with Gasteiger partial charge in [0.2, 0.25) is 0 Å². The van der Waals surface area contributed by atoms with Crippen LogP contribution in [0.25, 0.3) is 0 Å². The Hall–Kier alpha value is -2.08. The quantitative estimate of drug-likeness (QED) is 0.740. The monoisotopic (exact) mass is 294 g/mol. The molecule has 1 unspecified atom stereocenters. The SMILES string of the molecule is CC(Cc1ccsc1)Nc1cc(F)c(C(=O)O)cc1N. The number of nitrogen functional groups attached to an aromatic ring is 1. The van der Waals surface area contributed by atoms with Gasteiger partial charge in [0.1, 0.15) is 5.82 Å². The van der Waals surface area contributed by atoms with E-state index in [4.69, 9.17) is 10.8 Å². The molecular weight excluding hydrogens is 279 g/mol. The summed E-state index contributed by atoms with van der Waals surface area (Å²) in [6.45, 7) is 1.96. The zero-order valence-corrected chi connectivity index (χ0v) is 11.7. The number of thiophene rings is 1. The van der Waals surface area contributed by atoms with Gasteiger partial charge in [0.25, 0.3) is 0 Å². The van der Waals surface area contributed by atoms with E-state index in [0.29, 0.717) is 5.69 Å². The molecule has 1 atom stereocenters. The number of carbonyl (C=O) groups is 1. The lowest BCUT2D eigenvalue weighted by Gasteiger charge is -2.17. The van der Waals surface area contributed by atoms with Crippen molar-refractivity contribution in [2.45, 2.75) is 19.4 Å². The zero-order valence-electron chi connectivity index (χ0n) is 10.9. The number of aromatic carboxylic acids is 1. The summed E-state index contributed by atoms with van der Waals surface area (Å²) in [5.41, 5.74) is 7.17. The van der Waals surface area contributed by atoms with Crippen molar-refractivity contribution in [3.8, 4) is 0 Å². The van der Waals surface area contributed by atoms with Crippen LogP contribution in [0.15, 0.2) is 29.0 Å². The molecule has 0 aliphatic heterocycles. The molecule has 6 heteroatoms. The molecule has 0 saturated carbocycles. The van der Waals surface area contributed by atoms with Crippen molar-refractivity contribution in [2.24, 2.45) is 0 Å². The first-order chi connectivity index (χ1) is 9.47. The van der Waals surface area contributed by atoms with E-state index in [1.165, 1.54) is 5.56 Å². The van der Waals surface area contributed by atoms with Gasteiger partial charge in [-0.2, -0.15) is 11.3 Å². The molecule has 0 aliphatic carbocycles. The number of anilines is 2. The Kier molecular flexibility index (Phi) is 4.24. The van der Waals surface area contributed by atoms with E-state index in [9.17, 15) is 9.18 Å². The molecule has 0 bridgehead atoms. The standard InChI is InChI=1S/C14H15FN2O2S/c1-8(4-9-2-3-20-7-9)17-13-6-11(15)10(14(18)19)5-12(13)16/h2-3,5-8,17H,4,16H2,1H3,(H,18,19). The number of hydrogen-bond acceptors (Lipinski definition) is 4. The number of nitrogens with one attached hydrogen (secondary N) is 1. The predicted molar refractivity (Wildman–Crippen MR) is 78.9 cm³/mol. The van der Waals surface area contributed by atoms with Crippen molar-refractivity contribution >= 4 is 28.7 Å². The summed E-state index contributed by atoms with van der Waals surface area (Å²) in [4.78, 5) is 10.8. The van der Waals surface area contributed by atoms with Crippen molar-refractivity contribution in [3.05, 3.63) is 45.9 Å². The van der Waals surface area contributed by atoms with Crippen molar-refractivity contribution in [2.75, 3.05) is 11.1 Å². The van der Waals surface area contributed by atoms with E-state index in [1.807, 2.05) is 18.4 Å². The predicted octanol–water partition coefficient (Wildman–Crippen LogP) is 3.21. The van der Waals surface area contributed by atoms with Crippen LogP contribution >= 0.6 is 11.3 Å². The summed E-state index contributed by atoms with van der Waals surface area (Å²) in [7, 11) is 0. The molecule has 1 aromatic carbocycles. The van der Waals surface area contributed by atoms with Crippen molar-refractivity contribution in [1.82, 2.24) is 0 Å². The molecule has 0 amide bonds. The summed E-state index contributed by atoms with van der Waals surface area (Å²) in [5.74, 6) is -2.12. The second kappa shape index (κ2) is 5.92. The molecule has 0 aliphatic rings. The number of nitrogens with two attached hydrogens (primary N) is 1. The molecule has 0 radical (unpaired) electrons. The third-order valence-corrected chi connectivity index (χ3v) is 3.63. The van der Waals surface area contributed by atoms with Crippen LogP contribution in [0.1, 0.15) is 22.8 Å². The first-order valence-electron chi connectivity index (χ1n) is 6.07. The van der Waals surface area contributed by atoms with E-state index >= 15 is 0 Å². The van der Waals surface area contributed by atoms with Crippen LogP contribution in [0.2, 0.25) is 0 Å². The molecule has 2 aromatic rings. The molecule has 0 saturated heterocycles. The van der Waals surface area contributed by atoms with Crippen LogP contribution < -0.4 is 11.1 Å². The van der Waals surface area contributed by atoms with Gasteiger partial charge in [-0.1, -0.05) is 0 Å². The summed E-state index contributed by atoms with van der Waals surface area (Å²) < 4.78 is 13.6. The van der Waals surface area contributed by atoms with Crippen LogP contribution in [0.3, 0.4) is 0 Å². The molecule has 4 nitrogen and oxygen atoms in total. The fourth-order valence-corrected chi connectivity index (χ4v) is 2.64. The number of rotatable bonds is 5. The summed E-state index contributed by atoms with van der Waals surface area (Å²) in [5, 5.41) is 16.0. The van der Waals surface area contributed by atoms with E-state index in [2.05, 4.69) is 10.7 Å². The molecule has 106 valence electrons. The summed E-state index contributed by atoms with van der Waals surface area (Å²) in [6, 6.07) is 4.35. The highest BCUT2D eigenvalue weighted by Crippen LogP contribution is 2.24. The van der Waals surface area contributed by atoms with Gasteiger partial charge in [-0.15, -0.1) is 0 Å². The average molecular weight is 294 g/mol. The lowest BCUT2D eigenvalue weighted by atomic mass is 10.1. The maximum atomic E-state index is 13.6. The molecule has 2 rings (SSSR count). The Bertz CT molecular complexity index is 614. The van der Waals surface area contributed by atoms with Crippen molar-refractivity contribution in [1.29, 1.82) is 0 Å². The fourth-order valence-electron chi connectivity index (χ4n) is 1.96. The van der Waals surface area contributed by atoms with Crippen molar-refractivity contribution in [3.63, 3.8) is 0 Å². The van der Waals surface area contributed by atoms with Gasteiger partial charge in [-0.3, -0.25) is 0 Å². The minimum atomic E-state index is -1.33. The van der Waals surface area contributed by atoms with Gasteiger partial charge < -0.3 is 16.2 Å². The lowest BCUT2D eigenvalue weighted by Crippen LogP contribution is -2.19.